The van der Waals surface area contributed by atoms with E-state index in [9.17, 15) is 18.5 Å². The number of nitrogens with zero attached hydrogens (tertiary/aromatic N) is 1. The maximum atomic E-state index is 12.3. The van der Waals surface area contributed by atoms with E-state index in [4.69, 9.17) is 5.73 Å². The van der Waals surface area contributed by atoms with Crippen LogP contribution in [0.3, 0.4) is 0 Å². The zero-order valence-corrected chi connectivity index (χ0v) is 11.9. The van der Waals surface area contributed by atoms with Gasteiger partial charge >= 0.3 is 0 Å². The molecule has 0 aliphatic carbocycles. The summed E-state index contributed by atoms with van der Waals surface area (Å²) in [5.74, 6) is 0. The molecule has 0 amide bonds. The number of anilines is 2. The highest BCUT2D eigenvalue weighted by atomic mass is 32.2. The Labute approximate surface area is 121 Å². The summed E-state index contributed by atoms with van der Waals surface area (Å²) in [5.41, 5.74) is 6.39. The van der Waals surface area contributed by atoms with E-state index < -0.39 is 14.9 Å². The summed E-state index contributed by atoms with van der Waals surface area (Å²) in [5, 5.41) is 10.7. The number of nitrogens with one attached hydrogen (secondary N) is 1. The molecule has 0 fully saturated rings. The summed E-state index contributed by atoms with van der Waals surface area (Å²) >= 11 is 0. The number of aryl methyl sites for hydroxylation is 1. The lowest BCUT2D eigenvalue weighted by atomic mass is 10.2. The first kappa shape index (κ1) is 14.8. The maximum absolute atomic E-state index is 12.3. The molecule has 0 aliphatic rings. The number of nitrogens with two attached hydrogens (primary N) is 1. The van der Waals surface area contributed by atoms with Gasteiger partial charge in [-0.05, 0) is 30.7 Å². The van der Waals surface area contributed by atoms with Crippen molar-refractivity contribution >= 4 is 27.1 Å². The van der Waals surface area contributed by atoms with Crippen LogP contribution in [0.1, 0.15) is 5.56 Å². The average molecular weight is 307 g/mol. The molecule has 3 N–H and O–H groups in total. The second-order valence-electron chi connectivity index (χ2n) is 4.40. The number of para-hydroxylation sites is 1. The Bertz CT molecular complexity index is 803. The molecule has 7 nitrogen and oxygen atoms in total. The third-order valence-electron chi connectivity index (χ3n) is 2.87. The van der Waals surface area contributed by atoms with E-state index >= 15 is 0 Å². The van der Waals surface area contributed by atoms with Crippen LogP contribution in [0.5, 0.6) is 0 Å². The number of sulfonamides is 1. The number of hydrogen-bond acceptors (Lipinski definition) is 5. The van der Waals surface area contributed by atoms with Crippen LogP contribution in [0.2, 0.25) is 0 Å². The van der Waals surface area contributed by atoms with E-state index in [2.05, 4.69) is 4.72 Å². The fourth-order valence-electron chi connectivity index (χ4n) is 1.80. The van der Waals surface area contributed by atoms with Gasteiger partial charge < -0.3 is 5.73 Å². The molecule has 110 valence electrons. The highest BCUT2D eigenvalue weighted by molar-refractivity contribution is 7.92. The SMILES string of the molecule is Cc1cc([N+](=O)[O-])ccc1NS(=O)(=O)c1ccccc1N. The highest BCUT2D eigenvalue weighted by Gasteiger charge is 2.18. The largest absolute Gasteiger partial charge is 0.398 e. The molecule has 0 saturated heterocycles. The normalized spacial score (nSPS) is 11.1. The summed E-state index contributed by atoms with van der Waals surface area (Å²) in [6, 6.07) is 9.95. The molecular weight excluding hydrogens is 294 g/mol. The Kier molecular flexibility index (Phi) is 3.81. The van der Waals surface area contributed by atoms with Crippen molar-refractivity contribution < 1.29 is 13.3 Å². The van der Waals surface area contributed by atoms with Gasteiger partial charge in [-0.25, -0.2) is 8.42 Å². The third-order valence-corrected chi connectivity index (χ3v) is 4.31. The number of nitro groups is 1. The molecule has 0 atom stereocenters. The van der Waals surface area contributed by atoms with Crippen LogP contribution in [-0.4, -0.2) is 13.3 Å². The van der Waals surface area contributed by atoms with Crippen molar-refractivity contribution in [2.45, 2.75) is 11.8 Å². The zero-order valence-electron chi connectivity index (χ0n) is 11.1. The minimum atomic E-state index is -3.84. The van der Waals surface area contributed by atoms with Crippen molar-refractivity contribution in [2.75, 3.05) is 10.5 Å². The van der Waals surface area contributed by atoms with Crippen LogP contribution in [-0.2, 0) is 10.0 Å². The first-order valence-electron chi connectivity index (χ1n) is 5.93. The Morgan fingerprint density at radius 3 is 2.43 bits per heavy atom. The number of nitro benzene ring substituents is 1. The van der Waals surface area contributed by atoms with E-state index in [-0.39, 0.29) is 22.0 Å². The van der Waals surface area contributed by atoms with Gasteiger partial charge in [0.2, 0.25) is 0 Å². The molecule has 0 radical (unpaired) electrons. The van der Waals surface area contributed by atoms with Crippen LogP contribution in [0, 0.1) is 17.0 Å². The fraction of sp³-hybridized carbons (Fsp3) is 0.0769. The summed E-state index contributed by atoms with van der Waals surface area (Å²) in [7, 11) is -3.84. The standard InChI is InChI=1S/C13H13N3O4S/c1-9-8-10(16(17)18)6-7-12(9)15-21(19,20)13-5-3-2-4-11(13)14/h2-8,15H,14H2,1H3. The number of nitrogen functional groups attached to an aromatic ring is 1. The van der Waals surface area contributed by atoms with E-state index in [0.29, 0.717) is 5.56 Å². The monoisotopic (exact) mass is 307 g/mol. The predicted octanol–water partition coefficient (Wildman–Crippen LogP) is 2.29. The molecule has 0 aromatic heterocycles. The molecule has 8 heteroatoms. The van der Waals surface area contributed by atoms with E-state index in [0.717, 1.165) is 0 Å². The van der Waals surface area contributed by atoms with Gasteiger partial charge in [-0.2, -0.15) is 0 Å². The molecule has 2 aromatic carbocycles. The zero-order chi connectivity index (χ0) is 15.6. The van der Waals surface area contributed by atoms with Gasteiger partial charge in [-0.1, -0.05) is 12.1 Å². The molecule has 2 rings (SSSR count). The Hall–Kier alpha value is -2.61. The lowest BCUT2D eigenvalue weighted by molar-refractivity contribution is -0.384. The molecule has 0 spiro atoms. The van der Waals surface area contributed by atoms with Crippen molar-refractivity contribution in [1.82, 2.24) is 0 Å². The van der Waals surface area contributed by atoms with Crippen LogP contribution in [0.4, 0.5) is 17.1 Å². The number of rotatable bonds is 4. The van der Waals surface area contributed by atoms with Gasteiger partial charge in [0.1, 0.15) is 4.90 Å². The van der Waals surface area contributed by atoms with Crippen LogP contribution < -0.4 is 10.5 Å². The maximum Gasteiger partial charge on any atom is 0.269 e. The second-order valence-corrected chi connectivity index (χ2v) is 6.05. The number of hydrogen-bond donors (Lipinski definition) is 2. The predicted molar refractivity (Wildman–Crippen MR) is 79.5 cm³/mol. The molecule has 21 heavy (non-hydrogen) atoms. The molecule has 0 bridgehead atoms. The topological polar surface area (TPSA) is 115 Å². The van der Waals surface area contributed by atoms with Crippen molar-refractivity contribution in [1.29, 1.82) is 0 Å². The quantitative estimate of drug-likeness (QED) is 0.511. The van der Waals surface area contributed by atoms with Crippen molar-refractivity contribution in [3.05, 3.63) is 58.1 Å². The van der Waals surface area contributed by atoms with E-state index in [1.807, 2.05) is 0 Å². The molecule has 0 saturated carbocycles. The molecule has 0 aliphatic heterocycles. The number of non-ortho nitro benzene ring substituents is 1. The van der Waals surface area contributed by atoms with Gasteiger partial charge in [0.05, 0.1) is 16.3 Å². The first-order valence-corrected chi connectivity index (χ1v) is 7.42. The average Bonchev–Trinajstić information content (AvgIpc) is 2.41. The van der Waals surface area contributed by atoms with Gasteiger partial charge in [-0.15, -0.1) is 0 Å². The minimum absolute atomic E-state index is 0.0391. The van der Waals surface area contributed by atoms with Gasteiger partial charge in [0.25, 0.3) is 15.7 Å². The van der Waals surface area contributed by atoms with Crippen molar-refractivity contribution in [3.63, 3.8) is 0 Å². The molecule has 0 unspecified atom stereocenters. The summed E-state index contributed by atoms with van der Waals surface area (Å²) in [6.07, 6.45) is 0. The summed E-state index contributed by atoms with van der Waals surface area (Å²) < 4.78 is 26.9. The third kappa shape index (κ3) is 3.11. The molecule has 2 aromatic rings. The fourth-order valence-corrected chi connectivity index (χ4v) is 3.07. The van der Waals surface area contributed by atoms with Gasteiger partial charge in [-0.3, -0.25) is 14.8 Å². The minimum Gasteiger partial charge on any atom is -0.398 e. The van der Waals surface area contributed by atoms with Crippen LogP contribution in [0.25, 0.3) is 0 Å². The van der Waals surface area contributed by atoms with Crippen molar-refractivity contribution in [2.24, 2.45) is 0 Å². The number of benzene rings is 2. The Balaban J connectivity index is 2.38. The Morgan fingerprint density at radius 1 is 1.19 bits per heavy atom. The first-order chi connectivity index (χ1) is 9.81. The van der Waals surface area contributed by atoms with E-state index in [1.165, 1.54) is 30.3 Å². The van der Waals surface area contributed by atoms with Crippen LogP contribution >= 0.6 is 0 Å². The summed E-state index contributed by atoms with van der Waals surface area (Å²) in [6.45, 7) is 1.58. The smallest absolute Gasteiger partial charge is 0.269 e. The van der Waals surface area contributed by atoms with Gasteiger partial charge in [0.15, 0.2) is 0 Å². The summed E-state index contributed by atoms with van der Waals surface area (Å²) in [4.78, 5) is 10.1. The van der Waals surface area contributed by atoms with Gasteiger partial charge in [0, 0.05) is 12.1 Å². The van der Waals surface area contributed by atoms with Crippen LogP contribution in [0.15, 0.2) is 47.4 Å². The lowest BCUT2D eigenvalue weighted by Gasteiger charge is -2.11. The molecular formula is C13H13N3O4S. The highest BCUT2D eigenvalue weighted by Crippen LogP contribution is 2.25. The lowest BCUT2D eigenvalue weighted by Crippen LogP contribution is -2.15. The Morgan fingerprint density at radius 2 is 1.86 bits per heavy atom. The van der Waals surface area contributed by atoms with E-state index in [1.54, 1.807) is 19.1 Å². The second kappa shape index (κ2) is 5.41. The van der Waals surface area contributed by atoms with Crippen molar-refractivity contribution in [3.8, 4) is 0 Å². The molecule has 0 heterocycles.